The lowest BCUT2D eigenvalue weighted by Crippen LogP contribution is -2.17. The minimum absolute atomic E-state index is 0.192. The van der Waals surface area contributed by atoms with Crippen LogP contribution in [-0.2, 0) is 22.5 Å². The van der Waals surface area contributed by atoms with Crippen LogP contribution in [-0.4, -0.2) is 22.4 Å². The summed E-state index contributed by atoms with van der Waals surface area (Å²) in [4.78, 5) is 11.6. The number of fused-ring (bicyclic) bond motifs is 3. The zero-order chi connectivity index (χ0) is 13.1. The van der Waals surface area contributed by atoms with E-state index in [9.17, 15) is 4.79 Å². The SMILES string of the molecule is CCOC(=O)Cn1nc(C)c2c1C[C@@H]1[C@@H]2C1(C)C. The van der Waals surface area contributed by atoms with Gasteiger partial charge in [0.1, 0.15) is 6.54 Å². The molecule has 0 N–H and O–H groups in total. The number of esters is 1. The van der Waals surface area contributed by atoms with Crippen molar-refractivity contribution < 1.29 is 9.53 Å². The second-order valence-electron chi connectivity index (χ2n) is 6.02. The van der Waals surface area contributed by atoms with Crippen molar-refractivity contribution in [3.05, 3.63) is 17.0 Å². The van der Waals surface area contributed by atoms with Crippen LogP contribution in [0.25, 0.3) is 0 Å². The number of carbonyl (C=O) groups is 1. The quantitative estimate of drug-likeness (QED) is 0.769. The summed E-state index contributed by atoms with van der Waals surface area (Å²) in [7, 11) is 0. The summed E-state index contributed by atoms with van der Waals surface area (Å²) in [6, 6.07) is 0. The van der Waals surface area contributed by atoms with Gasteiger partial charge >= 0.3 is 5.97 Å². The Balaban J connectivity index is 1.86. The first kappa shape index (κ1) is 11.8. The minimum Gasteiger partial charge on any atom is -0.465 e. The van der Waals surface area contributed by atoms with Crippen LogP contribution in [0.15, 0.2) is 0 Å². The van der Waals surface area contributed by atoms with Crippen LogP contribution in [0.5, 0.6) is 0 Å². The van der Waals surface area contributed by atoms with Crippen LogP contribution >= 0.6 is 0 Å². The van der Waals surface area contributed by atoms with E-state index in [-0.39, 0.29) is 12.5 Å². The smallest absolute Gasteiger partial charge is 0.327 e. The monoisotopic (exact) mass is 248 g/mol. The molecule has 0 amide bonds. The Bertz CT molecular complexity index is 516. The maximum Gasteiger partial charge on any atom is 0.327 e. The molecule has 2 atom stereocenters. The summed E-state index contributed by atoms with van der Waals surface area (Å²) in [5.41, 5.74) is 4.17. The summed E-state index contributed by atoms with van der Waals surface area (Å²) in [6.07, 6.45) is 1.06. The first-order valence-corrected chi connectivity index (χ1v) is 6.68. The van der Waals surface area contributed by atoms with Gasteiger partial charge in [-0.2, -0.15) is 5.10 Å². The van der Waals surface area contributed by atoms with Gasteiger partial charge in [-0.05, 0) is 37.5 Å². The number of hydrogen-bond acceptors (Lipinski definition) is 3. The lowest BCUT2D eigenvalue weighted by atomic mass is 9.98. The predicted molar refractivity (Wildman–Crippen MR) is 67.3 cm³/mol. The molecule has 4 heteroatoms. The molecule has 0 aliphatic heterocycles. The van der Waals surface area contributed by atoms with Gasteiger partial charge in [-0.15, -0.1) is 0 Å². The van der Waals surface area contributed by atoms with E-state index in [1.54, 1.807) is 0 Å². The summed E-state index contributed by atoms with van der Waals surface area (Å²) < 4.78 is 6.85. The lowest BCUT2D eigenvalue weighted by molar-refractivity contribution is -0.144. The van der Waals surface area contributed by atoms with E-state index in [1.165, 1.54) is 11.3 Å². The number of hydrogen-bond donors (Lipinski definition) is 0. The Morgan fingerprint density at radius 2 is 2.28 bits per heavy atom. The summed E-state index contributed by atoms with van der Waals surface area (Å²) in [5.74, 6) is 1.21. The Hall–Kier alpha value is -1.32. The fraction of sp³-hybridized carbons (Fsp3) is 0.714. The van der Waals surface area contributed by atoms with Gasteiger partial charge in [0.25, 0.3) is 0 Å². The van der Waals surface area contributed by atoms with E-state index < -0.39 is 0 Å². The molecule has 0 bridgehead atoms. The van der Waals surface area contributed by atoms with Crippen LogP contribution in [0, 0.1) is 18.3 Å². The fourth-order valence-electron chi connectivity index (χ4n) is 3.63. The van der Waals surface area contributed by atoms with Crippen molar-refractivity contribution in [1.29, 1.82) is 0 Å². The van der Waals surface area contributed by atoms with Gasteiger partial charge in [-0.25, -0.2) is 0 Å². The molecule has 0 saturated heterocycles. The standard InChI is InChI=1S/C14H20N2O2/c1-5-18-11(17)7-16-10-6-9-13(14(9,3)4)12(10)8(2)15-16/h9,13H,5-7H2,1-4H3/t9-,13+/m1/s1. The van der Waals surface area contributed by atoms with Crippen molar-refractivity contribution in [3.8, 4) is 0 Å². The Kier molecular flexibility index (Phi) is 2.34. The largest absolute Gasteiger partial charge is 0.465 e. The molecular weight excluding hydrogens is 228 g/mol. The maximum absolute atomic E-state index is 11.6. The number of aryl methyl sites for hydroxylation is 1. The average Bonchev–Trinajstić information content (AvgIpc) is 2.67. The second-order valence-corrected chi connectivity index (χ2v) is 6.02. The number of ether oxygens (including phenoxy) is 1. The first-order chi connectivity index (χ1) is 8.46. The molecule has 1 aromatic rings. The number of aromatic nitrogens is 2. The van der Waals surface area contributed by atoms with E-state index in [0.717, 1.165) is 18.0 Å². The molecule has 0 spiro atoms. The van der Waals surface area contributed by atoms with Crippen LogP contribution in [0.1, 0.15) is 43.6 Å². The third-order valence-electron chi connectivity index (χ3n) is 4.64. The molecule has 0 radical (unpaired) electrons. The molecule has 98 valence electrons. The maximum atomic E-state index is 11.6. The highest BCUT2D eigenvalue weighted by Gasteiger charge is 2.63. The number of rotatable bonds is 3. The molecular formula is C14H20N2O2. The molecule has 2 aliphatic carbocycles. The molecule has 2 aliphatic rings. The van der Waals surface area contributed by atoms with E-state index in [0.29, 0.717) is 17.9 Å². The van der Waals surface area contributed by atoms with Gasteiger partial charge in [0.15, 0.2) is 0 Å². The summed E-state index contributed by atoms with van der Waals surface area (Å²) in [6.45, 7) is 9.22. The third-order valence-corrected chi connectivity index (χ3v) is 4.64. The van der Waals surface area contributed by atoms with E-state index in [4.69, 9.17) is 4.74 Å². The highest BCUT2D eigenvalue weighted by molar-refractivity contribution is 5.69. The van der Waals surface area contributed by atoms with Crippen molar-refractivity contribution in [3.63, 3.8) is 0 Å². The highest BCUT2D eigenvalue weighted by Crippen LogP contribution is 2.70. The summed E-state index contributed by atoms with van der Waals surface area (Å²) in [5, 5.41) is 4.51. The van der Waals surface area contributed by atoms with Crippen molar-refractivity contribution in [2.24, 2.45) is 11.3 Å². The minimum atomic E-state index is -0.192. The molecule has 18 heavy (non-hydrogen) atoms. The molecule has 3 rings (SSSR count). The van der Waals surface area contributed by atoms with Crippen LogP contribution in [0.3, 0.4) is 0 Å². The van der Waals surface area contributed by atoms with Gasteiger partial charge in [-0.1, -0.05) is 13.8 Å². The Morgan fingerprint density at radius 3 is 2.94 bits per heavy atom. The van der Waals surface area contributed by atoms with Crippen molar-refractivity contribution in [2.45, 2.75) is 46.6 Å². The van der Waals surface area contributed by atoms with Crippen LogP contribution in [0.4, 0.5) is 0 Å². The zero-order valence-corrected chi connectivity index (χ0v) is 11.5. The Morgan fingerprint density at radius 1 is 1.56 bits per heavy atom. The predicted octanol–water partition coefficient (Wildman–Crippen LogP) is 2.05. The molecule has 1 heterocycles. The Labute approximate surface area is 107 Å². The van der Waals surface area contributed by atoms with Crippen LogP contribution < -0.4 is 0 Å². The molecule has 1 fully saturated rings. The van der Waals surface area contributed by atoms with Crippen molar-refractivity contribution in [2.75, 3.05) is 6.61 Å². The molecule has 1 aromatic heterocycles. The van der Waals surface area contributed by atoms with Gasteiger partial charge in [0, 0.05) is 11.3 Å². The highest BCUT2D eigenvalue weighted by atomic mass is 16.5. The van der Waals surface area contributed by atoms with Gasteiger partial charge in [-0.3, -0.25) is 9.48 Å². The van der Waals surface area contributed by atoms with Gasteiger partial charge in [0.2, 0.25) is 0 Å². The average molecular weight is 248 g/mol. The first-order valence-electron chi connectivity index (χ1n) is 6.68. The zero-order valence-electron chi connectivity index (χ0n) is 11.5. The van der Waals surface area contributed by atoms with E-state index in [2.05, 4.69) is 25.9 Å². The summed E-state index contributed by atoms with van der Waals surface area (Å²) >= 11 is 0. The number of carbonyl (C=O) groups excluding carboxylic acids is 1. The molecule has 0 unspecified atom stereocenters. The molecule has 4 nitrogen and oxygen atoms in total. The molecule has 1 saturated carbocycles. The third kappa shape index (κ3) is 1.44. The fourth-order valence-corrected chi connectivity index (χ4v) is 3.63. The topological polar surface area (TPSA) is 44.1 Å². The van der Waals surface area contributed by atoms with Crippen LogP contribution in [0.2, 0.25) is 0 Å². The van der Waals surface area contributed by atoms with Gasteiger partial charge in [0.05, 0.1) is 12.3 Å². The molecule has 0 aromatic carbocycles. The normalized spacial score (nSPS) is 26.7. The van der Waals surface area contributed by atoms with E-state index in [1.807, 2.05) is 11.6 Å². The van der Waals surface area contributed by atoms with Gasteiger partial charge < -0.3 is 4.74 Å². The van der Waals surface area contributed by atoms with E-state index >= 15 is 0 Å². The lowest BCUT2D eigenvalue weighted by Gasteiger charge is -2.10. The van der Waals surface area contributed by atoms with Crippen molar-refractivity contribution >= 4 is 5.97 Å². The second kappa shape index (κ2) is 3.59. The number of nitrogens with zero attached hydrogens (tertiary/aromatic N) is 2. The van der Waals surface area contributed by atoms with Crippen molar-refractivity contribution in [1.82, 2.24) is 9.78 Å².